The van der Waals surface area contributed by atoms with Gasteiger partial charge in [0.2, 0.25) is 0 Å². The fraction of sp³-hybridized carbons (Fsp3) is 0.333. The van der Waals surface area contributed by atoms with Crippen LogP contribution in [0.2, 0.25) is 0 Å². The first-order valence-corrected chi connectivity index (χ1v) is 8.00. The molecule has 0 radical (unpaired) electrons. The van der Waals surface area contributed by atoms with E-state index in [1.807, 2.05) is 26.0 Å². The molecule has 0 amide bonds. The van der Waals surface area contributed by atoms with Gasteiger partial charge in [0.25, 0.3) is 0 Å². The van der Waals surface area contributed by atoms with Crippen molar-refractivity contribution in [3.05, 3.63) is 50.6 Å². The second-order valence-electron chi connectivity index (χ2n) is 4.61. The number of hydrogen-bond acceptors (Lipinski definition) is 3. The Morgan fingerprint density at radius 3 is 2.79 bits per heavy atom. The summed E-state index contributed by atoms with van der Waals surface area (Å²) < 4.78 is 6.88. The van der Waals surface area contributed by atoms with Crippen LogP contribution < -0.4 is 10.1 Å². The van der Waals surface area contributed by atoms with Crippen molar-refractivity contribution in [2.75, 3.05) is 0 Å². The van der Waals surface area contributed by atoms with Crippen LogP contribution in [0.4, 0.5) is 0 Å². The number of rotatable bonds is 6. The van der Waals surface area contributed by atoms with Crippen molar-refractivity contribution in [2.45, 2.75) is 33.0 Å². The highest BCUT2D eigenvalue weighted by atomic mass is 79.9. The Balaban J connectivity index is 1.87. The molecule has 0 aliphatic carbocycles. The predicted octanol–water partition coefficient (Wildman–Crippen LogP) is 4.59. The first kappa shape index (κ1) is 14.6. The Morgan fingerprint density at radius 1 is 1.26 bits per heavy atom. The van der Waals surface area contributed by atoms with Gasteiger partial charge in [0.15, 0.2) is 0 Å². The Morgan fingerprint density at radius 2 is 2.11 bits per heavy atom. The van der Waals surface area contributed by atoms with E-state index in [0.717, 1.165) is 18.8 Å². The van der Waals surface area contributed by atoms with Crippen LogP contribution in [0.15, 0.2) is 40.2 Å². The van der Waals surface area contributed by atoms with E-state index in [2.05, 4.69) is 44.8 Å². The van der Waals surface area contributed by atoms with Gasteiger partial charge >= 0.3 is 0 Å². The van der Waals surface area contributed by atoms with Crippen LogP contribution in [0, 0.1) is 0 Å². The Labute approximate surface area is 126 Å². The first-order valence-electron chi connectivity index (χ1n) is 6.33. The standard InChI is InChI=1S/C15H18BrNOS/c1-11(2)18-13-5-3-4-12(8-13)9-17-10-15-14(16)6-7-19-15/h3-8,11,17H,9-10H2,1-2H3. The molecule has 1 N–H and O–H groups in total. The summed E-state index contributed by atoms with van der Waals surface area (Å²) in [6.45, 7) is 5.81. The van der Waals surface area contributed by atoms with Gasteiger partial charge < -0.3 is 10.1 Å². The van der Waals surface area contributed by atoms with Gasteiger partial charge in [-0.15, -0.1) is 11.3 Å². The van der Waals surface area contributed by atoms with Crippen molar-refractivity contribution < 1.29 is 4.74 Å². The maximum atomic E-state index is 5.69. The topological polar surface area (TPSA) is 21.3 Å². The second kappa shape index (κ2) is 7.08. The Kier molecular flexibility index (Phi) is 5.43. The van der Waals surface area contributed by atoms with E-state index in [0.29, 0.717) is 0 Å². The summed E-state index contributed by atoms with van der Waals surface area (Å²) in [6.07, 6.45) is 0.213. The second-order valence-corrected chi connectivity index (χ2v) is 6.46. The summed E-state index contributed by atoms with van der Waals surface area (Å²) in [7, 11) is 0. The van der Waals surface area contributed by atoms with Crippen molar-refractivity contribution in [1.82, 2.24) is 5.32 Å². The molecule has 19 heavy (non-hydrogen) atoms. The zero-order valence-electron chi connectivity index (χ0n) is 11.2. The number of nitrogens with one attached hydrogen (secondary N) is 1. The quantitative estimate of drug-likeness (QED) is 0.831. The van der Waals surface area contributed by atoms with Gasteiger partial charge in [-0.25, -0.2) is 0 Å². The van der Waals surface area contributed by atoms with Crippen molar-refractivity contribution >= 4 is 27.3 Å². The van der Waals surface area contributed by atoms with Crippen LogP contribution in [0.1, 0.15) is 24.3 Å². The monoisotopic (exact) mass is 339 g/mol. The largest absolute Gasteiger partial charge is 0.491 e. The van der Waals surface area contributed by atoms with Gasteiger partial charge in [0.05, 0.1) is 6.10 Å². The number of ether oxygens (including phenoxy) is 1. The van der Waals surface area contributed by atoms with Crippen LogP contribution >= 0.6 is 27.3 Å². The van der Waals surface area contributed by atoms with E-state index in [1.165, 1.54) is 14.9 Å². The minimum absolute atomic E-state index is 0.213. The van der Waals surface area contributed by atoms with E-state index < -0.39 is 0 Å². The van der Waals surface area contributed by atoms with Gasteiger partial charge in [-0.3, -0.25) is 0 Å². The van der Waals surface area contributed by atoms with E-state index in [1.54, 1.807) is 11.3 Å². The Bertz CT molecular complexity index is 524. The lowest BCUT2D eigenvalue weighted by Gasteiger charge is -2.11. The van der Waals surface area contributed by atoms with E-state index in [4.69, 9.17) is 4.74 Å². The highest BCUT2D eigenvalue weighted by Crippen LogP contribution is 2.22. The first-order chi connectivity index (χ1) is 9.15. The molecule has 2 aromatic rings. The maximum absolute atomic E-state index is 5.69. The molecule has 0 saturated heterocycles. The average molecular weight is 340 g/mol. The molecule has 1 heterocycles. The fourth-order valence-electron chi connectivity index (χ4n) is 1.77. The lowest BCUT2D eigenvalue weighted by molar-refractivity contribution is 0.242. The molecule has 0 spiro atoms. The van der Waals surface area contributed by atoms with Crippen molar-refractivity contribution in [3.8, 4) is 5.75 Å². The number of benzene rings is 1. The summed E-state index contributed by atoms with van der Waals surface area (Å²) in [5, 5.41) is 5.55. The summed E-state index contributed by atoms with van der Waals surface area (Å²) in [4.78, 5) is 1.33. The summed E-state index contributed by atoms with van der Waals surface area (Å²) in [5.74, 6) is 0.937. The van der Waals surface area contributed by atoms with E-state index in [-0.39, 0.29) is 6.10 Å². The third-order valence-corrected chi connectivity index (χ3v) is 4.50. The maximum Gasteiger partial charge on any atom is 0.120 e. The molecule has 2 nitrogen and oxygen atoms in total. The minimum atomic E-state index is 0.213. The smallest absolute Gasteiger partial charge is 0.120 e. The van der Waals surface area contributed by atoms with Crippen LogP contribution in [-0.4, -0.2) is 6.10 Å². The van der Waals surface area contributed by atoms with Gasteiger partial charge in [-0.2, -0.15) is 0 Å². The molecule has 1 aromatic carbocycles. The third-order valence-electron chi connectivity index (χ3n) is 2.58. The molecule has 0 aliphatic rings. The zero-order valence-corrected chi connectivity index (χ0v) is 13.6. The van der Waals surface area contributed by atoms with Crippen LogP contribution in [0.5, 0.6) is 5.75 Å². The molecule has 0 unspecified atom stereocenters. The highest BCUT2D eigenvalue weighted by Gasteiger charge is 2.02. The molecule has 0 atom stereocenters. The predicted molar refractivity (Wildman–Crippen MR) is 84.8 cm³/mol. The van der Waals surface area contributed by atoms with Crippen molar-refractivity contribution in [1.29, 1.82) is 0 Å². The van der Waals surface area contributed by atoms with E-state index in [9.17, 15) is 0 Å². The lowest BCUT2D eigenvalue weighted by atomic mass is 10.2. The molecule has 0 aliphatic heterocycles. The zero-order chi connectivity index (χ0) is 13.7. The van der Waals surface area contributed by atoms with Gasteiger partial charge in [0.1, 0.15) is 5.75 Å². The third kappa shape index (κ3) is 4.64. The minimum Gasteiger partial charge on any atom is -0.491 e. The molecule has 2 rings (SSSR count). The normalized spacial score (nSPS) is 10.9. The van der Waals surface area contributed by atoms with Crippen molar-refractivity contribution in [2.24, 2.45) is 0 Å². The molecule has 102 valence electrons. The molecule has 0 fully saturated rings. The average Bonchev–Trinajstić information content (AvgIpc) is 2.75. The SMILES string of the molecule is CC(C)Oc1cccc(CNCc2sccc2Br)c1. The fourth-order valence-corrected chi connectivity index (χ4v) is 3.23. The van der Waals surface area contributed by atoms with Crippen LogP contribution in [0.3, 0.4) is 0 Å². The molecular formula is C15H18BrNOS. The summed E-state index contributed by atoms with van der Waals surface area (Å²) in [5.41, 5.74) is 1.24. The molecule has 0 bridgehead atoms. The summed E-state index contributed by atoms with van der Waals surface area (Å²) >= 11 is 5.30. The van der Waals surface area contributed by atoms with Crippen LogP contribution in [-0.2, 0) is 13.1 Å². The van der Waals surface area contributed by atoms with Crippen LogP contribution in [0.25, 0.3) is 0 Å². The number of halogens is 1. The van der Waals surface area contributed by atoms with Gasteiger partial charge in [0, 0.05) is 22.4 Å². The summed E-state index contributed by atoms with van der Waals surface area (Å²) in [6, 6.07) is 10.3. The lowest BCUT2D eigenvalue weighted by Crippen LogP contribution is -2.12. The highest BCUT2D eigenvalue weighted by molar-refractivity contribution is 9.10. The number of thiophene rings is 1. The van der Waals surface area contributed by atoms with Gasteiger partial charge in [-0.05, 0) is 58.9 Å². The Hall–Kier alpha value is -0.840. The number of hydrogen-bond donors (Lipinski definition) is 1. The molecule has 1 aromatic heterocycles. The molecular weight excluding hydrogens is 322 g/mol. The van der Waals surface area contributed by atoms with Gasteiger partial charge in [-0.1, -0.05) is 12.1 Å². The molecule has 0 saturated carbocycles. The van der Waals surface area contributed by atoms with E-state index >= 15 is 0 Å². The molecule has 4 heteroatoms. The van der Waals surface area contributed by atoms with Crippen molar-refractivity contribution in [3.63, 3.8) is 0 Å².